The first kappa shape index (κ1) is 29.9. The van der Waals surface area contributed by atoms with Crippen LogP contribution in [0.25, 0.3) is 0 Å². The zero-order valence-electron chi connectivity index (χ0n) is 13.4. The molecule has 0 bridgehead atoms. The van der Waals surface area contributed by atoms with Crippen molar-refractivity contribution in [2.75, 3.05) is 11.5 Å². The van der Waals surface area contributed by atoms with Gasteiger partial charge in [0.2, 0.25) is 0 Å². The molecule has 0 saturated carbocycles. The zero-order valence-corrected chi connectivity index (χ0v) is 17.8. The largest absolute Gasteiger partial charge is 0.368 e. The van der Waals surface area contributed by atoms with Crippen molar-refractivity contribution < 1.29 is 49.5 Å². The quantitative estimate of drug-likeness (QED) is 0.696. The first-order chi connectivity index (χ1) is 8.25. The molecule has 0 aromatic rings. The third-order valence-electron chi connectivity index (χ3n) is 1.98. The van der Waals surface area contributed by atoms with Gasteiger partial charge in [0, 0.05) is 32.7 Å². The average Bonchev–Trinajstić information content (AvgIpc) is 2.14. The van der Waals surface area contributed by atoms with Crippen LogP contribution in [0.1, 0.15) is 55.4 Å². The fraction of sp³-hybridized carbons (Fsp3) is 0.846. The van der Waals surface area contributed by atoms with Crippen LogP contribution in [0, 0.1) is 13.0 Å². The third kappa shape index (κ3) is 17.2. The summed E-state index contributed by atoms with van der Waals surface area (Å²) in [6.45, 7) is 11.0. The van der Waals surface area contributed by atoms with E-state index in [1.807, 2.05) is 4.72 Å². The summed E-state index contributed by atoms with van der Waals surface area (Å²) in [5.41, 5.74) is 0. The number of sulfone groups is 1. The van der Waals surface area contributed by atoms with Gasteiger partial charge in [-0.1, -0.05) is 7.43 Å². The van der Waals surface area contributed by atoms with E-state index < -0.39 is 24.6 Å². The van der Waals surface area contributed by atoms with E-state index in [9.17, 15) is 16.8 Å². The molecule has 1 N–H and O–H groups in total. The van der Waals surface area contributed by atoms with Gasteiger partial charge in [0.05, 0.1) is 16.3 Å². The summed E-state index contributed by atoms with van der Waals surface area (Å²) in [7, 11) is -3.62. The van der Waals surface area contributed by atoms with Crippen molar-refractivity contribution in [2.45, 2.75) is 60.1 Å². The number of hydrogen-bond acceptors (Lipinski definition) is 4. The summed E-state index contributed by atoms with van der Waals surface area (Å²) >= 11 is 0. The standard InChI is InChI=1S/C8H18NO4S2.C4H9.CH4.Y/c1-8(2,3)14(10,11)6-5-7-15(12,13)9-4;1-4(2)3;;/h9H,4-7H2,1-3H3;1-3H3;1H4;/q2*-1;;. The summed E-state index contributed by atoms with van der Waals surface area (Å²) in [6, 6.07) is 0. The molecule has 0 aliphatic heterocycles. The molecule has 0 atom stereocenters. The Hall–Kier alpha value is 0.964. The second kappa shape index (κ2) is 12.4. The Morgan fingerprint density at radius 2 is 1.33 bits per heavy atom. The van der Waals surface area contributed by atoms with Gasteiger partial charge in [0.15, 0.2) is 19.9 Å². The minimum atomic E-state index is -3.41. The molecule has 0 heterocycles. The molecule has 0 spiro atoms. The fourth-order valence-electron chi connectivity index (χ4n) is 0.817. The van der Waals surface area contributed by atoms with Gasteiger partial charge < -0.3 is 10.6 Å². The summed E-state index contributed by atoms with van der Waals surface area (Å²) in [4.78, 5) is 0. The van der Waals surface area contributed by atoms with Crippen LogP contribution in [0.3, 0.4) is 0 Å². The first-order valence-electron chi connectivity index (χ1n) is 6.01. The Morgan fingerprint density at radius 3 is 1.57 bits per heavy atom. The molecular weight excluding hydrogens is 387 g/mol. The fourth-order valence-corrected chi connectivity index (χ4v) is 2.81. The van der Waals surface area contributed by atoms with Crippen LogP contribution >= 0.6 is 0 Å². The van der Waals surface area contributed by atoms with Crippen LogP contribution in [0.4, 0.5) is 0 Å². The molecule has 0 unspecified atom stereocenters. The third-order valence-corrected chi connectivity index (χ3v) is 5.94. The molecule has 0 fully saturated rings. The van der Waals surface area contributed by atoms with Gasteiger partial charge in [-0.2, -0.15) is 20.8 Å². The Balaban J connectivity index is -0.000000213. The maximum Gasteiger partial charge on any atom is 0.184 e. The molecule has 0 aliphatic rings. The Morgan fingerprint density at radius 1 is 1.00 bits per heavy atom. The van der Waals surface area contributed by atoms with Crippen molar-refractivity contribution in [3.63, 3.8) is 0 Å². The molecule has 0 amide bonds. The number of sulfonamides is 1. The maximum atomic E-state index is 11.6. The van der Waals surface area contributed by atoms with E-state index in [2.05, 4.69) is 27.8 Å². The topological polar surface area (TPSA) is 80.3 Å². The summed E-state index contributed by atoms with van der Waals surface area (Å²) in [6.07, 6.45) is 0.0878. The molecule has 21 heavy (non-hydrogen) atoms. The smallest absolute Gasteiger partial charge is 0.184 e. The van der Waals surface area contributed by atoms with Gasteiger partial charge in [-0.05, 0) is 27.2 Å². The van der Waals surface area contributed by atoms with E-state index in [4.69, 9.17) is 0 Å². The number of hydrogen-bond donors (Lipinski definition) is 1. The van der Waals surface area contributed by atoms with Gasteiger partial charge in [0.1, 0.15) is 0 Å². The summed E-state index contributed by atoms with van der Waals surface area (Å²) in [5, 5.41) is 0. The second-order valence-corrected chi connectivity index (χ2v) is 10.5. The van der Waals surface area contributed by atoms with Crippen LogP contribution in [0.2, 0.25) is 0 Å². The zero-order chi connectivity index (χ0) is 15.9. The van der Waals surface area contributed by atoms with Gasteiger partial charge in [-0.15, -0.1) is 0 Å². The number of nitrogens with one attached hydrogen (secondary N) is 1. The van der Waals surface area contributed by atoms with Crippen LogP contribution in [-0.4, -0.2) is 33.1 Å². The molecule has 5 nitrogen and oxygen atoms in total. The van der Waals surface area contributed by atoms with Crippen LogP contribution in [0.15, 0.2) is 0 Å². The predicted molar refractivity (Wildman–Crippen MR) is 87.4 cm³/mol. The second-order valence-electron chi connectivity index (χ2n) is 5.75. The monoisotopic (exact) mass is 418 g/mol. The van der Waals surface area contributed by atoms with Gasteiger partial charge in [-0.3, -0.25) is 7.05 Å². The average molecular weight is 418 g/mol. The van der Waals surface area contributed by atoms with Gasteiger partial charge in [-0.25, -0.2) is 16.8 Å². The molecule has 129 valence electrons. The summed E-state index contributed by atoms with van der Waals surface area (Å²) in [5.74, 6) is 1.07. The maximum absolute atomic E-state index is 11.6. The molecule has 8 heteroatoms. The van der Waals surface area contributed by atoms with Crippen molar-refractivity contribution >= 4 is 19.9 Å². The normalized spacial score (nSPS) is 11.8. The van der Waals surface area contributed by atoms with E-state index in [-0.39, 0.29) is 58.1 Å². The van der Waals surface area contributed by atoms with Crippen molar-refractivity contribution in [1.29, 1.82) is 0 Å². The van der Waals surface area contributed by atoms with Crippen molar-refractivity contribution in [3.8, 4) is 0 Å². The predicted octanol–water partition coefficient (Wildman–Crippen LogP) is 2.55. The minimum Gasteiger partial charge on any atom is -0.368 e. The SMILES string of the molecule is C.C[C-](C)C.[CH2-]NS(=O)(=O)CCCS(=O)(=O)C(C)(C)C.[Y]. The molecule has 0 aromatic heterocycles. The Kier molecular flexibility index (Phi) is 17.7. The molecule has 0 aliphatic carbocycles. The van der Waals surface area contributed by atoms with Crippen LogP contribution < -0.4 is 4.72 Å². The van der Waals surface area contributed by atoms with Gasteiger partial charge >= 0.3 is 0 Å². The summed E-state index contributed by atoms with van der Waals surface area (Å²) < 4.78 is 46.2. The van der Waals surface area contributed by atoms with Crippen molar-refractivity contribution in [2.24, 2.45) is 0 Å². The van der Waals surface area contributed by atoms with Gasteiger partial charge in [0.25, 0.3) is 0 Å². The Bertz CT molecular complexity index is 435. The number of rotatable bonds is 5. The van der Waals surface area contributed by atoms with Crippen LogP contribution in [-0.2, 0) is 52.6 Å². The molecule has 0 rings (SSSR count). The molecule has 0 aromatic carbocycles. The van der Waals surface area contributed by atoms with E-state index in [0.29, 0.717) is 0 Å². The van der Waals surface area contributed by atoms with Crippen molar-refractivity contribution in [3.05, 3.63) is 13.0 Å². The molecular formula is C13H31NO4S2Y-2. The Labute approximate surface area is 157 Å². The van der Waals surface area contributed by atoms with E-state index in [1.54, 1.807) is 20.8 Å². The van der Waals surface area contributed by atoms with E-state index >= 15 is 0 Å². The minimum absolute atomic E-state index is 0. The van der Waals surface area contributed by atoms with E-state index in [0.717, 1.165) is 0 Å². The molecule has 0 saturated heterocycles. The first-order valence-corrected chi connectivity index (χ1v) is 9.31. The molecule has 1 radical (unpaired) electrons. The van der Waals surface area contributed by atoms with Crippen LogP contribution in [0.5, 0.6) is 0 Å². The van der Waals surface area contributed by atoms with E-state index in [1.165, 1.54) is 5.92 Å². The van der Waals surface area contributed by atoms with Crippen molar-refractivity contribution in [1.82, 2.24) is 4.72 Å².